The molecule has 0 saturated carbocycles. The number of sulfone groups is 1. The molecule has 0 radical (unpaired) electrons. The van der Waals surface area contributed by atoms with Crippen molar-refractivity contribution >= 4 is 21.7 Å². The Balaban J connectivity index is 1.78. The Bertz CT molecular complexity index is 901. The van der Waals surface area contributed by atoms with E-state index in [1.165, 1.54) is 12.1 Å². The third-order valence-electron chi connectivity index (χ3n) is 4.30. The lowest BCUT2D eigenvalue weighted by atomic mass is 10.1. The molecule has 25 heavy (non-hydrogen) atoms. The summed E-state index contributed by atoms with van der Waals surface area (Å²) in [5, 5.41) is 0. The molecule has 0 fully saturated rings. The zero-order valence-corrected chi connectivity index (χ0v) is 14.5. The van der Waals surface area contributed by atoms with Crippen molar-refractivity contribution in [3.8, 4) is 0 Å². The highest BCUT2D eigenvalue weighted by Crippen LogP contribution is 2.25. The van der Waals surface area contributed by atoms with Crippen LogP contribution in [0.25, 0.3) is 0 Å². The Morgan fingerprint density at radius 3 is 1.96 bits per heavy atom. The lowest BCUT2D eigenvalue weighted by Gasteiger charge is -2.19. The molecule has 130 valence electrons. The first kappa shape index (κ1) is 17.3. The summed E-state index contributed by atoms with van der Waals surface area (Å²) in [5.41, 5.74) is 7.55. The molecule has 0 spiro atoms. The van der Waals surface area contributed by atoms with Crippen molar-refractivity contribution in [2.24, 2.45) is 5.73 Å². The number of hydrogen-bond acceptors (Lipinski definition) is 5. The molecule has 0 aromatic heterocycles. The van der Waals surface area contributed by atoms with Gasteiger partial charge in [-0.1, -0.05) is 31.2 Å². The molecular formula is C18H18N2O4S. The van der Waals surface area contributed by atoms with Crippen LogP contribution in [0.2, 0.25) is 0 Å². The third-order valence-corrected chi connectivity index (χ3v) is 6.06. The van der Waals surface area contributed by atoms with Gasteiger partial charge in [0.15, 0.2) is 9.84 Å². The highest BCUT2D eigenvalue weighted by molar-refractivity contribution is 7.91. The van der Waals surface area contributed by atoms with E-state index in [2.05, 4.69) is 0 Å². The van der Waals surface area contributed by atoms with E-state index in [1.54, 1.807) is 43.3 Å². The van der Waals surface area contributed by atoms with E-state index in [1.807, 2.05) is 0 Å². The van der Waals surface area contributed by atoms with Crippen LogP contribution < -0.4 is 5.73 Å². The Hall–Kier alpha value is -2.51. The molecule has 0 aliphatic carbocycles. The van der Waals surface area contributed by atoms with Crippen molar-refractivity contribution in [1.29, 1.82) is 0 Å². The fraction of sp³-hybridized carbons (Fsp3) is 0.222. The number of nitrogens with two attached hydrogens (primary N) is 1. The van der Waals surface area contributed by atoms with Crippen LogP contribution in [-0.2, 0) is 9.84 Å². The van der Waals surface area contributed by atoms with Gasteiger partial charge in [0, 0.05) is 12.6 Å². The van der Waals surface area contributed by atoms with E-state index in [9.17, 15) is 18.0 Å². The first-order valence-electron chi connectivity index (χ1n) is 7.88. The number of carbonyl (C=O) groups is 2. The summed E-state index contributed by atoms with van der Waals surface area (Å²) in [6, 6.07) is 12.3. The van der Waals surface area contributed by atoms with Crippen LogP contribution >= 0.6 is 0 Å². The summed E-state index contributed by atoms with van der Waals surface area (Å²) in [5.74, 6) is -0.699. The van der Waals surface area contributed by atoms with Crippen LogP contribution in [0.1, 0.15) is 39.2 Å². The first-order chi connectivity index (χ1) is 11.8. The highest BCUT2D eigenvalue weighted by atomic mass is 32.2. The maximum absolute atomic E-state index is 12.4. The van der Waals surface area contributed by atoms with Crippen LogP contribution in [0, 0.1) is 0 Å². The second kappa shape index (κ2) is 6.42. The fourth-order valence-electron chi connectivity index (χ4n) is 2.80. The highest BCUT2D eigenvalue weighted by Gasteiger charge is 2.35. The summed E-state index contributed by atoms with van der Waals surface area (Å²) in [7, 11) is -3.28. The molecule has 1 aliphatic heterocycles. The normalized spacial score (nSPS) is 15.4. The average molecular weight is 358 g/mol. The maximum Gasteiger partial charge on any atom is 0.261 e. The van der Waals surface area contributed by atoms with E-state index in [0.717, 1.165) is 4.90 Å². The molecular weight excluding hydrogens is 340 g/mol. The molecule has 1 aliphatic rings. The monoisotopic (exact) mass is 358 g/mol. The predicted octanol–water partition coefficient (Wildman–Crippen LogP) is 1.78. The molecule has 2 amide bonds. The van der Waals surface area contributed by atoms with Crippen LogP contribution in [0.5, 0.6) is 0 Å². The van der Waals surface area contributed by atoms with Gasteiger partial charge in [0.2, 0.25) is 0 Å². The van der Waals surface area contributed by atoms with Gasteiger partial charge in [-0.05, 0) is 29.8 Å². The van der Waals surface area contributed by atoms with Crippen molar-refractivity contribution in [2.45, 2.75) is 17.9 Å². The number of carbonyl (C=O) groups excluding carboxylic acids is 2. The van der Waals surface area contributed by atoms with Crippen molar-refractivity contribution in [3.05, 3.63) is 65.2 Å². The van der Waals surface area contributed by atoms with Crippen molar-refractivity contribution in [1.82, 2.24) is 4.90 Å². The van der Waals surface area contributed by atoms with Crippen molar-refractivity contribution < 1.29 is 18.0 Å². The minimum Gasteiger partial charge on any atom is -0.322 e. The number of nitrogens with zero attached hydrogens (tertiary/aromatic N) is 1. The lowest BCUT2D eigenvalue weighted by Crippen LogP contribution is -2.36. The van der Waals surface area contributed by atoms with Crippen molar-refractivity contribution in [2.75, 3.05) is 12.3 Å². The smallest absolute Gasteiger partial charge is 0.261 e. The van der Waals surface area contributed by atoms with Gasteiger partial charge in [-0.3, -0.25) is 14.5 Å². The number of amides is 2. The summed E-state index contributed by atoms with van der Waals surface area (Å²) >= 11 is 0. The SMILES string of the molecule is CCS(=O)(=O)c1ccc([C@@H](N)CN2C(=O)c3ccccc3C2=O)cc1. The van der Waals surface area contributed by atoms with Gasteiger partial charge in [-0.15, -0.1) is 0 Å². The second-order valence-electron chi connectivity index (χ2n) is 5.85. The van der Waals surface area contributed by atoms with Crippen LogP contribution in [0.3, 0.4) is 0 Å². The number of benzene rings is 2. The van der Waals surface area contributed by atoms with Crippen LogP contribution in [0.15, 0.2) is 53.4 Å². The zero-order valence-electron chi connectivity index (χ0n) is 13.7. The first-order valence-corrected chi connectivity index (χ1v) is 9.54. The molecule has 1 atom stereocenters. The van der Waals surface area contributed by atoms with E-state index >= 15 is 0 Å². The summed E-state index contributed by atoms with van der Waals surface area (Å²) in [6.45, 7) is 1.61. The van der Waals surface area contributed by atoms with Crippen LogP contribution in [-0.4, -0.2) is 37.4 Å². The van der Waals surface area contributed by atoms with Gasteiger partial charge in [0.25, 0.3) is 11.8 Å². The van der Waals surface area contributed by atoms with Gasteiger partial charge in [-0.2, -0.15) is 0 Å². The topological polar surface area (TPSA) is 97.5 Å². The number of rotatable bonds is 5. The molecule has 0 saturated heterocycles. The molecule has 2 aromatic rings. The fourth-order valence-corrected chi connectivity index (χ4v) is 3.68. The Kier molecular flexibility index (Phi) is 4.45. The molecule has 3 rings (SSSR count). The standard InChI is InChI=1S/C18H18N2O4S/c1-2-25(23,24)13-9-7-12(8-10-13)16(19)11-20-17(21)14-5-3-4-6-15(14)18(20)22/h3-10,16H,2,11,19H2,1H3/t16-/m0/s1. The number of hydrogen-bond donors (Lipinski definition) is 1. The Morgan fingerprint density at radius 2 is 1.48 bits per heavy atom. The van der Waals surface area contributed by atoms with Gasteiger partial charge < -0.3 is 5.73 Å². The van der Waals surface area contributed by atoms with E-state index < -0.39 is 15.9 Å². The minimum atomic E-state index is -3.28. The molecule has 2 N–H and O–H groups in total. The maximum atomic E-state index is 12.4. The molecule has 7 heteroatoms. The van der Waals surface area contributed by atoms with Crippen LogP contribution in [0.4, 0.5) is 0 Å². The van der Waals surface area contributed by atoms with E-state index in [-0.39, 0.29) is 29.0 Å². The molecule has 2 aromatic carbocycles. The van der Waals surface area contributed by atoms with Gasteiger partial charge in [-0.25, -0.2) is 8.42 Å². The summed E-state index contributed by atoms with van der Waals surface area (Å²) < 4.78 is 23.7. The van der Waals surface area contributed by atoms with Gasteiger partial charge in [0.05, 0.1) is 21.8 Å². The minimum absolute atomic E-state index is 0.0213. The molecule has 1 heterocycles. The molecule has 0 unspecified atom stereocenters. The van der Waals surface area contributed by atoms with Crippen molar-refractivity contribution in [3.63, 3.8) is 0 Å². The largest absolute Gasteiger partial charge is 0.322 e. The zero-order chi connectivity index (χ0) is 18.2. The van der Waals surface area contributed by atoms with E-state index in [4.69, 9.17) is 5.73 Å². The van der Waals surface area contributed by atoms with Gasteiger partial charge >= 0.3 is 0 Å². The number of fused-ring (bicyclic) bond motifs is 1. The summed E-state index contributed by atoms with van der Waals surface area (Å²) in [6.07, 6.45) is 0. The predicted molar refractivity (Wildman–Crippen MR) is 92.9 cm³/mol. The second-order valence-corrected chi connectivity index (χ2v) is 8.12. The number of imide groups is 1. The Labute approximate surface area is 146 Å². The molecule has 0 bridgehead atoms. The average Bonchev–Trinajstić information content (AvgIpc) is 2.87. The Morgan fingerprint density at radius 1 is 0.960 bits per heavy atom. The molecule has 6 nitrogen and oxygen atoms in total. The lowest BCUT2D eigenvalue weighted by molar-refractivity contribution is 0.0644. The quantitative estimate of drug-likeness (QED) is 0.822. The van der Waals surface area contributed by atoms with Gasteiger partial charge in [0.1, 0.15) is 0 Å². The summed E-state index contributed by atoms with van der Waals surface area (Å²) in [4.78, 5) is 26.1. The van der Waals surface area contributed by atoms with E-state index in [0.29, 0.717) is 16.7 Å². The third kappa shape index (κ3) is 3.08.